The number of hydrogen-bond acceptors (Lipinski definition) is 1. The lowest BCUT2D eigenvalue weighted by Gasteiger charge is -2.23. The van der Waals surface area contributed by atoms with Crippen LogP contribution in [0.25, 0.3) is 0 Å². The van der Waals surface area contributed by atoms with Crippen LogP contribution in [0.15, 0.2) is 49.1 Å². The van der Waals surface area contributed by atoms with Crippen LogP contribution in [0.4, 0.5) is 17.6 Å². The van der Waals surface area contributed by atoms with Crippen LogP contribution in [0.1, 0.15) is 53.1 Å². The molecule has 1 nitrogen and oxygen atoms in total. The highest BCUT2D eigenvalue weighted by atomic mass is 19.2. The molecular formula is C28H26F4O. The van der Waals surface area contributed by atoms with Gasteiger partial charge in [-0.1, -0.05) is 43.7 Å². The third kappa shape index (κ3) is 4.68. The summed E-state index contributed by atoms with van der Waals surface area (Å²) in [5, 5.41) is 0. The number of ether oxygens (including phenoxy) is 1. The fourth-order valence-electron chi connectivity index (χ4n) is 4.29. The molecule has 33 heavy (non-hydrogen) atoms. The molecule has 1 aliphatic heterocycles. The van der Waals surface area contributed by atoms with Crippen LogP contribution in [0.5, 0.6) is 11.5 Å². The zero-order valence-corrected chi connectivity index (χ0v) is 18.6. The third-order valence-electron chi connectivity index (χ3n) is 6.10. The van der Waals surface area contributed by atoms with Crippen LogP contribution in [0, 0.1) is 23.3 Å². The quantitative estimate of drug-likeness (QED) is 0.195. The molecule has 1 aliphatic rings. The summed E-state index contributed by atoms with van der Waals surface area (Å²) in [7, 11) is 0. The molecule has 3 aromatic rings. The van der Waals surface area contributed by atoms with Gasteiger partial charge in [0.15, 0.2) is 23.1 Å². The number of hydrogen-bond donors (Lipinski definition) is 0. The first-order valence-corrected chi connectivity index (χ1v) is 11.3. The molecule has 0 spiro atoms. The summed E-state index contributed by atoms with van der Waals surface area (Å²) in [6, 6.07) is 10.1. The fraction of sp³-hybridized carbons (Fsp3) is 0.286. The maximum atomic E-state index is 15.2. The van der Waals surface area contributed by atoms with Crippen molar-refractivity contribution in [2.45, 2.75) is 51.9 Å². The molecule has 0 bridgehead atoms. The topological polar surface area (TPSA) is 9.23 Å². The molecule has 3 aromatic carbocycles. The van der Waals surface area contributed by atoms with Crippen molar-refractivity contribution in [2.75, 3.05) is 0 Å². The number of halogens is 4. The Kier molecular flexibility index (Phi) is 6.87. The molecule has 0 saturated heterocycles. The van der Waals surface area contributed by atoms with Crippen molar-refractivity contribution in [3.63, 3.8) is 0 Å². The maximum absolute atomic E-state index is 15.2. The van der Waals surface area contributed by atoms with E-state index in [1.807, 2.05) is 13.0 Å². The van der Waals surface area contributed by atoms with Gasteiger partial charge in [-0.3, -0.25) is 0 Å². The van der Waals surface area contributed by atoms with Gasteiger partial charge in [-0.2, -0.15) is 4.39 Å². The molecule has 172 valence electrons. The van der Waals surface area contributed by atoms with Crippen LogP contribution < -0.4 is 4.74 Å². The van der Waals surface area contributed by atoms with E-state index < -0.39 is 17.5 Å². The smallest absolute Gasteiger partial charge is 0.201 e. The molecule has 0 saturated carbocycles. The lowest BCUT2D eigenvalue weighted by Crippen LogP contribution is -2.11. The Bertz CT molecular complexity index is 1200. The highest BCUT2D eigenvalue weighted by Gasteiger charge is 2.28. The molecule has 0 aliphatic carbocycles. The van der Waals surface area contributed by atoms with Crippen molar-refractivity contribution in [3.05, 3.63) is 106 Å². The second-order valence-electron chi connectivity index (χ2n) is 8.46. The van der Waals surface area contributed by atoms with Gasteiger partial charge in [0.05, 0.1) is 0 Å². The molecule has 0 radical (unpaired) electrons. The van der Waals surface area contributed by atoms with Crippen LogP contribution in [0.3, 0.4) is 0 Å². The van der Waals surface area contributed by atoms with Gasteiger partial charge in [-0.15, -0.1) is 6.58 Å². The average molecular weight is 455 g/mol. The highest BCUT2D eigenvalue weighted by Crippen LogP contribution is 2.42. The van der Waals surface area contributed by atoms with E-state index >= 15 is 4.39 Å². The van der Waals surface area contributed by atoms with Gasteiger partial charge in [0, 0.05) is 17.5 Å². The van der Waals surface area contributed by atoms with Gasteiger partial charge in [-0.25, -0.2) is 13.2 Å². The van der Waals surface area contributed by atoms with E-state index in [1.165, 1.54) is 6.07 Å². The molecule has 4 rings (SSSR count). The Morgan fingerprint density at radius 1 is 0.788 bits per heavy atom. The molecule has 0 amide bonds. The monoisotopic (exact) mass is 454 g/mol. The summed E-state index contributed by atoms with van der Waals surface area (Å²) in [5.41, 5.74) is 3.12. The fourth-order valence-corrected chi connectivity index (χ4v) is 4.29. The normalized spacial score (nSPS) is 12.2. The minimum atomic E-state index is -1.08. The Hall–Kier alpha value is -3.08. The molecule has 0 N–H and O–H groups in total. The number of rotatable bonds is 8. The molecular weight excluding hydrogens is 428 g/mol. The van der Waals surface area contributed by atoms with Crippen molar-refractivity contribution in [2.24, 2.45) is 0 Å². The summed E-state index contributed by atoms with van der Waals surface area (Å²) in [4.78, 5) is 0. The Labute approximate surface area is 191 Å². The molecule has 0 fully saturated rings. The van der Waals surface area contributed by atoms with Crippen molar-refractivity contribution in [3.8, 4) is 11.5 Å². The minimum absolute atomic E-state index is 0.0817. The van der Waals surface area contributed by atoms with Gasteiger partial charge >= 0.3 is 0 Å². The summed E-state index contributed by atoms with van der Waals surface area (Å²) >= 11 is 0. The van der Waals surface area contributed by atoms with E-state index in [-0.39, 0.29) is 30.2 Å². The lowest BCUT2D eigenvalue weighted by atomic mass is 9.94. The molecule has 1 heterocycles. The van der Waals surface area contributed by atoms with Crippen LogP contribution in [0.2, 0.25) is 0 Å². The summed E-state index contributed by atoms with van der Waals surface area (Å²) < 4.78 is 64.3. The standard InChI is InChI=1S/C28H26F4O/c1-3-5-7-17-8-9-18(23(29)14-17)10-11-19-12-13-21-16-22-15-20(6-4-2)24(30)26(32)28(22)33-27(21)25(19)31/h3,8-9,12-15H,1,4-7,10-11,16H2,2H3. The summed E-state index contributed by atoms with van der Waals surface area (Å²) in [5.74, 6) is -3.29. The van der Waals surface area contributed by atoms with Crippen molar-refractivity contribution < 1.29 is 22.3 Å². The van der Waals surface area contributed by atoms with Crippen molar-refractivity contribution >= 4 is 0 Å². The van der Waals surface area contributed by atoms with E-state index in [9.17, 15) is 13.2 Å². The number of allylic oxidation sites excluding steroid dienone is 1. The predicted molar refractivity (Wildman–Crippen MR) is 122 cm³/mol. The first-order chi connectivity index (χ1) is 15.9. The summed E-state index contributed by atoms with van der Waals surface area (Å²) in [6.45, 7) is 5.56. The third-order valence-corrected chi connectivity index (χ3v) is 6.10. The van der Waals surface area contributed by atoms with Crippen LogP contribution in [-0.2, 0) is 32.1 Å². The van der Waals surface area contributed by atoms with E-state index in [1.54, 1.807) is 30.3 Å². The van der Waals surface area contributed by atoms with Gasteiger partial charge in [-0.05, 0) is 66.5 Å². The Morgan fingerprint density at radius 3 is 2.24 bits per heavy atom. The molecule has 0 atom stereocenters. The van der Waals surface area contributed by atoms with Gasteiger partial charge in [0.25, 0.3) is 0 Å². The zero-order chi connectivity index (χ0) is 23.5. The zero-order valence-electron chi connectivity index (χ0n) is 18.6. The first kappa shape index (κ1) is 23.1. The van der Waals surface area contributed by atoms with Gasteiger partial charge < -0.3 is 4.74 Å². The van der Waals surface area contributed by atoms with E-state index in [0.717, 1.165) is 18.4 Å². The summed E-state index contributed by atoms with van der Waals surface area (Å²) in [6.07, 6.45) is 5.20. The Morgan fingerprint density at radius 2 is 1.52 bits per heavy atom. The maximum Gasteiger partial charge on any atom is 0.201 e. The van der Waals surface area contributed by atoms with E-state index in [2.05, 4.69) is 6.58 Å². The molecule has 0 unspecified atom stereocenters. The number of benzene rings is 3. The van der Waals surface area contributed by atoms with E-state index in [0.29, 0.717) is 47.1 Å². The lowest BCUT2D eigenvalue weighted by molar-refractivity contribution is 0.377. The van der Waals surface area contributed by atoms with Crippen molar-refractivity contribution in [1.82, 2.24) is 0 Å². The van der Waals surface area contributed by atoms with E-state index in [4.69, 9.17) is 4.74 Å². The Balaban J connectivity index is 1.55. The molecule has 5 heteroatoms. The predicted octanol–water partition coefficient (Wildman–Crippen LogP) is 7.80. The number of aryl methyl sites for hydroxylation is 4. The first-order valence-electron chi connectivity index (χ1n) is 11.3. The largest absolute Gasteiger partial charge is 0.450 e. The minimum Gasteiger partial charge on any atom is -0.450 e. The van der Waals surface area contributed by atoms with Crippen LogP contribution >= 0.6 is 0 Å². The average Bonchev–Trinajstić information content (AvgIpc) is 2.81. The van der Waals surface area contributed by atoms with Crippen molar-refractivity contribution in [1.29, 1.82) is 0 Å². The van der Waals surface area contributed by atoms with Crippen LogP contribution in [-0.4, -0.2) is 0 Å². The van der Waals surface area contributed by atoms with Gasteiger partial charge in [0.1, 0.15) is 5.82 Å². The highest BCUT2D eigenvalue weighted by molar-refractivity contribution is 5.53. The SMILES string of the molecule is C=CCCc1ccc(CCc2ccc3c(c2F)Oc2c(cc(CCC)c(F)c2F)C3)c(F)c1. The van der Waals surface area contributed by atoms with Gasteiger partial charge in [0.2, 0.25) is 5.82 Å². The number of fused-ring (bicyclic) bond motifs is 2. The molecule has 0 aromatic heterocycles. The second-order valence-corrected chi connectivity index (χ2v) is 8.46. The second kappa shape index (κ2) is 9.82.